The van der Waals surface area contributed by atoms with E-state index in [9.17, 15) is 4.79 Å². The number of aryl methyl sites for hydroxylation is 1. The average Bonchev–Trinajstić information content (AvgIpc) is 2.43. The third-order valence-electron chi connectivity index (χ3n) is 3.14. The number of hydrogen-bond donors (Lipinski definition) is 0. The number of rotatable bonds is 5. The van der Waals surface area contributed by atoms with Gasteiger partial charge in [-0.25, -0.2) is 0 Å². The second kappa shape index (κ2) is 6.20. The fourth-order valence-corrected chi connectivity index (χ4v) is 2.09. The van der Waals surface area contributed by atoms with Gasteiger partial charge < -0.3 is 4.74 Å². The monoisotopic (exact) mass is 242 g/mol. The minimum absolute atomic E-state index is 0.117. The molecule has 2 rings (SSSR count). The van der Waals surface area contributed by atoms with Crippen LogP contribution in [0.15, 0.2) is 42.5 Å². The summed E-state index contributed by atoms with van der Waals surface area (Å²) in [5, 5.41) is 2.55. The van der Waals surface area contributed by atoms with Crippen LogP contribution in [0.5, 0.6) is 0 Å². The maximum Gasteiger partial charge on any atom is 0.305 e. The number of unbranched alkanes of at least 4 members (excludes halogenated alkanes) is 1. The van der Waals surface area contributed by atoms with E-state index in [-0.39, 0.29) is 5.97 Å². The molecule has 0 N–H and O–H groups in total. The van der Waals surface area contributed by atoms with E-state index in [0.29, 0.717) is 6.42 Å². The third-order valence-corrected chi connectivity index (χ3v) is 3.14. The van der Waals surface area contributed by atoms with Crippen LogP contribution in [-0.4, -0.2) is 13.1 Å². The quantitative estimate of drug-likeness (QED) is 0.590. The van der Waals surface area contributed by atoms with Crippen LogP contribution in [-0.2, 0) is 16.0 Å². The van der Waals surface area contributed by atoms with Crippen LogP contribution in [0.1, 0.15) is 24.8 Å². The van der Waals surface area contributed by atoms with E-state index >= 15 is 0 Å². The fourth-order valence-electron chi connectivity index (χ4n) is 2.09. The second-order valence-corrected chi connectivity index (χ2v) is 4.46. The highest BCUT2D eigenvalue weighted by Crippen LogP contribution is 2.17. The van der Waals surface area contributed by atoms with Crippen molar-refractivity contribution in [3.63, 3.8) is 0 Å². The summed E-state index contributed by atoms with van der Waals surface area (Å²) in [6.45, 7) is 0. The van der Waals surface area contributed by atoms with Crippen molar-refractivity contribution in [1.29, 1.82) is 0 Å². The summed E-state index contributed by atoms with van der Waals surface area (Å²) in [7, 11) is 1.44. The summed E-state index contributed by atoms with van der Waals surface area (Å²) in [5.41, 5.74) is 1.33. The summed E-state index contributed by atoms with van der Waals surface area (Å²) < 4.78 is 4.62. The number of benzene rings is 2. The van der Waals surface area contributed by atoms with Gasteiger partial charge in [0, 0.05) is 6.42 Å². The van der Waals surface area contributed by atoms with E-state index in [2.05, 4.69) is 47.2 Å². The Kier molecular flexibility index (Phi) is 4.35. The second-order valence-electron chi connectivity index (χ2n) is 4.46. The van der Waals surface area contributed by atoms with Gasteiger partial charge in [-0.2, -0.15) is 0 Å². The normalized spacial score (nSPS) is 10.5. The van der Waals surface area contributed by atoms with Crippen molar-refractivity contribution >= 4 is 16.7 Å². The van der Waals surface area contributed by atoms with Gasteiger partial charge in [-0.15, -0.1) is 0 Å². The van der Waals surface area contributed by atoms with Gasteiger partial charge in [-0.1, -0.05) is 42.5 Å². The molecule has 0 heterocycles. The molecular formula is C16H18O2. The first kappa shape index (κ1) is 12.6. The van der Waals surface area contributed by atoms with Crippen molar-refractivity contribution < 1.29 is 9.53 Å². The standard InChI is InChI=1S/C16H18O2/c1-18-16(17)9-5-2-6-13-10-11-14-7-3-4-8-15(14)12-13/h3-4,7-8,10-12H,2,5-6,9H2,1H3. The Morgan fingerprint density at radius 2 is 1.83 bits per heavy atom. The molecular weight excluding hydrogens is 224 g/mol. The van der Waals surface area contributed by atoms with Crippen molar-refractivity contribution in [2.45, 2.75) is 25.7 Å². The number of methoxy groups -OCH3 is 1. The maximum atomic E-state index is 11.0. The van der Waals surface area contributed by atoms with E-state index in [1.165, 1.54) is 23.4 Å². The number of ether oxygens (including phenoxy) is 1. The highest BCUT2D eigenvalue weighted by Gasteiger charge is 2.00. The molecule has 0 aliphatic heterocycles. The van der Waals surface area contributed by atoms with Crippen LogP contribution < -0.4 is 0 Å². The van der Waals surface area contributed by atoms with Gasteiger partial charge in [0.25, 0.3) is 0 Å². The van der Waals surface area contributed by atoms with Crippen molar-refractivity contribution in [3.05, 3.63) is 48.0 Å². The fraction of sp³-hybridized carbons (Fsp3) is 0.312. The molecule has 0 aromatic heterocycles. The van der Waals surface area contributed by atoms with E-state index in [1.807, 2.05) is 0 Å². The minimum Gasteiger partial charge on any atom is -0.469 e. The van der Waals surface area contributed by atoms with Crippen molar-refractivity contribution in [3.8, 4) is 0 Å². The van der Waals surface area contributed by atoms with Crippen LogP contribution in [0.3, 0.4) is 0 Å². The molecule has 0 atom stereocenters. The lowest BCUT2D eigenvalue weighted by Gasteiger charge is -2.04. The molecule has 0 saturated carbocycles. The van der Waals surface area contributed by atoms with Gasteiger partial charge in [0.2, 0.25) is 0 Å². The van der Waals surface area contributed by atoms with E-state index in [0.717, 1.165) is 19.3 Å². The molecule has 0 radical (unpaired) electrons. The van der Waals surface area contributed by atoms with Gasteiger partial charge in [-0.3, -0.25) is 4.79 Å². The predicted octanol–water partition coefficient (Wildman–Crippen LogP) is 3.73. The first-order valence-electron chi connectivity index (χ1n) is 6.34. The molecule has 2 nitrogen and oxygen atoms in total. The molecule has 18 heavy (non-hydrogen) atoms. The highest BCUT2D eigenvalue weighted by molar-refractivity contribution is 5.82. The summed E-state index contributed by atoms with van der Waals surface area (Å²) in [5.74, 6) is -0.117. The molecule has 2 aromatic carbocycles. The lowest BCUT2D eigenvalue weighted by atomic mass is 10.0. The molecule has 0 bridgehead atoms. The third kappa shape index (κ3) is 3.33. The zero-order valence-electron chi connectivity index (χ0n) is 10.7. The molecule has 2 heteroatoms. The van der Waals surface area contributed by atoms with Gasteiger partial charge >= 0.3 is 5.97 Å². The van der Waals surface area contributed by atoms with Crippen LogP contribution >= 0.6 is 0 Å². The Morgan fingerprint density at radius 3 is 2.61 bits per heavy atom. The van der Waals surface area contributed by atoms with Crippen molar-refractivity contribution in [2.24, 2.45) is 0 Å². The molecule has 0 amide bonds. The van der Waals surface area contributed by atoms with Crippen molar-refractivity contribution in [2.75, 3.05) is 7.11 Å². The van der Waals surface area contributed by atoms with Crippen LogP contribution in [0.25, 0.3) is 10.8 Å². The van der Waals surface area contributed by atoms with Crippen LogP contribution in [0, 0.1) is 0 Å². The zero-order valence-corrected chi connectivity index (χ0v) is 10.7. The minimum atomic E-state index is -0.117. The van der Waals surface area contributed by atoms with Gasteiger partial charge in [0.15, 0.2) is 0 Å². The number of carbonyl (C=O) groups is 1. The molecule has 0 aliphatic carbocycles. The van der Waals surface area contributed by atoms with Gasteiger partial charge in [-0.05, 0) is 35.6 Å². The number of esters is 1. The Balaban J connectivity index is 1.90. The van der Waals surface area contributed by atoms with Crippen molar-refractivity contribution in [1.82, 2.24) is 0 Å². The summed E-state index contributed by atoms with van der Waals surface area (Å²) >= 11 is 0. The lowest BCUT2D eigenvalue weighted by molar-refractivity contribution is -0.140. The number of fused-ring (bicyclic) bond motifs is 1. The smallest absolute Gasteiger partial charge is 0.305 e. The Hall–Kier alpha value is -1.83. The lowest BCUT2D eigenvalue weighted by Crippen LogP contribution is -1.99. The van der Waals surface area contributed by atoms with E-state index in [1.54, 1.807) is 0 Å². The molecule has 0 unspecified atom stereocenters. The van der Waals surface area contributed by atoms with E-state index < -0.39 is 0 Å². The SMILES string of the molecule is COC(=O)CCCCc1ccc2ccccc2c1. The Morgan fingerprint density at radius 1 is 1.06 bits per heavy atom. The molecule has 0 saturated heterocycles. The summed E-state index contributed by atoms with van der Waals surface area (Å²) in [6, 6.07) is 14.9. The predicted molar refractivity (Wildman–Crippen MR) is 73.5 cm³/mol. The first-order valence-corrected chi connectivity index (χ1v) is 6.34. The van der Waals surface area contributed by atoms with Crippen LogP contribution in [0.2, 0.25) is 0 Å². The molecule has 2 aromatic rings. The highest BCUT2D eigenvalue weighted by atomic mass is 16.5. The Labute approximate surface area is 108 Å². The molecule has 0 aliphatic rings. The molecule has 0 spiro atoms. The number of hydrogen-bond acceptors (Lipinski definition) is 2. The topological polar surface area (TPSA) is 26.3 Å². The molecule has 94 valence electrons. The number of carbonyl (C=O) groups excluding carboxylic acids is 1. The summed E-state index contributed by atoms with van der Waals surface area (Å²) in [6.07, 6.45) is 3.44. The average molecular weight is 242 g/mol. The largest absolute Gasteiger partial charge is 0.469 e. The maximum absolute atomic E-state index is 11.0. The van der Waals surface area contributed by atoms with Crippen LogP contribution in [0.4, 0.5) is 0 Å². The summed E-state index contributed by atoms with van der Waals surface area (Å²) in [4.78, 5) is 11.0. The zero-order chi connectivity index (χ0) is 12.8. The van der Waals surface area contributed by atoms with E-state index in [4.69, 9.17) is 0 Å². The first-order chi connectivity index (χ1) is 8.79. The van der Waals surface area contributed by atoms with Gasteiger partial charge in [0.1, 0.15) is 0 Å². The molecule has 0 fully saturated rings. The van der Waals surface area contributed by atoms with Gasteiger partial charge in [0.05, 0.1) is 7.11 Å². The Bertz CT molecular complexity index is 531.